The summed E-state index contributed by atoms with van der Waals surface area (Å²) in [5.41, 5.74) is 1.04. The first-order valence-electron chi connectivity index (χ1n) is 6.03. The predicted molar refractivity (Wildman–Crippen MR) is 73.1 cm³/mol. The van der Waals surface area contributed by atoms with E-state index < -0.39 is 0 Å². The van der Waals surface area contributed by atoms with Crippen LogP contribution >= 0.6 is 15.9 Å². The van der Waals surface area contributed by atoms with Crippen molar-refractivity contribution in [2.45, 2.75) is 19.3 Å². The molecule has 1 aromatic carbocycles. The number of carbonyl (C=O) groups excluding carboxylic acids is 1. The molecule has 1 heterocycles. The largest absolute Gasteiger partial charge is 0.384 e. The fraction of sp³-hybridized carbons (Fsp3) is 0.462. The third-order valence-electron chi connectivity index (χ3n) is 2.99. The Morgan fingerprint density at radius 2 is 2.00 bits per heavy atom. The summed E-state index contributed by atoms with van der Waals surface area (Å²) in [6.45, 7) is 2.57. The summed E-state index contributed by atoms with van der Waals surface area (Å²) < 4.78 is 1.04. The second kappa shape index (κ2) is 6.05. The van der Waals surface area contributed by atoms with Gasteiger partial charge in [0.2, 0.25) is 5.91 Å². The molecular weight excluding hydrogens is 280 g/mol. The summed E-state index contributed by atoms with van der Waals surface area (Å²) in [4.78, 5) is 13.8. The molecule has 0 radical (unpaired) electrons. The molecule has 4 heteroatoms. The molecule has 0 bridgehead atoms. The number of nitrogens with zero attached hydrogens (tertiary/aromatic N) is 1. The zero-order valence-corrected chi connectivity index (χ0v) is 11.4. The van der Waals surface area contributed by atoms with E-state index in [0.29, 0.717) is 13.0 Å². The van der Waals surface area contributed by atoms with Gasteiger partial charge in [-0.05, 0) is 40.9 Å². The van der Waals surface area contributed by atoms with Crippen molar-refractivity contribution in [2.24, 2.45) is 0 Å². The Balaban J connectivity index is 1.76. The average molecular weight is 297 g/mol. The molecule has 0 atom stereocenters. The summed E-state index contributed by atoms with van der Waals surface area (Å²) in [6.07, 6.45) is 2.88. The van der Waals surface area contributed by atoms with Crippen LogP contribution in [0.5, 0.6) is 0 Å². The van der Waals surface area contributed by atoms with Crippen LogP contribution in [0.1, 0.15) is 19.3 Å². The summed E-state index contributed by atoms with van der Waals surface area (Å²) in [5.74, 6) is 0.266. The number of hydrogen-bond acceptors (Lipinski definition) is 2. The van der Waals surface area contributed by atoms with Crippen LogP contribution in [0, 0.1) is 0 Å². The van der Waals surface area contributed by atoms with Crippen LogP contribution in [0.2, 0.25) is 0 Å². The minimum atomic E-state index is 0.266. The molecule has 0 aliphatic carbocycles. The van der Waals surface area contributed by atoms with Crippen molar-refractivity contribution in [1.82, 2.24) is 4.90 Å². The molecule has 92 valence electrons. The molecule has 0 saturated carbocycles. The number of nitrogens with one attached hydrogen (secondary N) is 1. The first-order valence-corrected chi connectivity index (χ1v) is 6.83. The Kier molecular flexibility index (Phi) is 4.42. The standard InChI is InChI=1S/C13H17BrN2O/c14-11-5-1-2-6-12(11)15-8-7-13(17)16-9-3-4-10-16/h1-2,5-6,15H,3-4,7-10H2. The van der Waals surface area contributed by atoms with Crippen molar-refractivity contribution in [3.8, 4) is 0 Å². The average Bonchev–Trinajstić information content (AvgIpc) is 2.85. The molecule has 1 aliphatic heterocycles. The van der Waals surface area contributed by atoms with Crippen LogP contribution in [0.25, 0.3) is 0 Å². The first kappa shape index (κ1) is 12.4. The predicted octanol–water partition coefficient (Wildman–Crippen LogP) is 2.87. The van der Waals surface area contributed by atoms with Crippen molar-refractivity contribution in [2.75, 3.05) is 25.0 Å². The maximum absolute atomic E-state index is 11.8. The van der Waals surface area contributed by atoms with E-state index in [1.165, 1.54) is 0 Å². The molecule has 0 aromatic heterocycles. The number of para-hydroxylation sites is 1. The number of carbonyl (C=O) groups is 1. The SMILES string of the molecule is O=C(CCNc1ccccc1Br)N1CCCC1. The van der Waals surface area contributed by atoms with Gasteiger partial charge in [0.05, 0.1) is 0 Å². The molecule has 0 spiro atoms. The van der Waals surface area contributed by atoms with E-state index in [4.69, 9.17) is 0 Å². The molecule has 3 nitrogen and oxygen atoms in total. The van der Waals surface area contributed by atoms with Crippen LogP contribution < -0.4 is 5.32 Å². The van der Waals surface area contributed by atoms with Gasteiger partial charge in [0.15, 0.2) is 0 Å². The van der Waals surface area contributed by atoms with Gasteiger partial charge in [0, 0.05) is 36.2 Å². The topological polar surface area (TPSA) is 32.3 Å². The van der Waals surface area contributed by atoms with Crippen LogP contribution in [0.15, 0.2) is 28.7 Å². The molecule has 1 aromatic rings. The monoisotopic (exact) mass is 296 g/mol. The Labute approximate surface area is 110 Å². The Hall–Kier alpha value is -1.03. The van der Waals surface area contributed by atoms with E-state index in [1.54, 1.807) is 0 Å². The lowest BCUT2D eigenvalue weighted by Gasteiger charge is -2.15. The van der Waals surface area contributed by atoms with E-state index in [1.807, 2.05) is 29.2 Å². The smallest absolute Gasteiger partial charge is 0.224 e. The normalized spacial score (nSPS) is 15.0. The fourth-order valence-corrected chi connectivity index (χ4v) is 2.46. The first-order chi connectivity index (χ1) is 8.27. The van der Waals surface area contributed by atoms with Crippen molar-refractivity contribution < 1.29 is 4.79 Å². The highest BCUT2D eigenvalue weighted by Gasteiger charge is 2.16. The second-order valence-corrected chi connectivity index (χ2v) is 5.10. The molecule has 1 N–H and O–H groups in total. The van der Waals surface area contributed by atoms with E-state index in [-0.39, 0.29) is 5.91 Å². The molecule has 1 amide bonds. The third kappa shape index (κ3) is 3.46. The van der Waals surface area contributed by atoms with Gasteiger partial charge in [-0.15, -0.1) is 0 Å². The molecule has 17 heavy (non-hydrogen) atoms. The second-order valence-electron chi connectivity index (χ2n) is 4.24. The minimum absolute atomic E-state index is 0.266. The van der Waals surface area contributed by atoms with Crippen molar-refractivity contribution in [3.63, 3.8) is 0 Å². The van der Waals surface area contributed by atoms with Gasteiger partial charge in [-0.2, -0.15) is 0 Å². The lowest BCUT2D eigenvalue weighted by Crippen LogP contribution is -2.29. The number of rotatable bonds is 4. The molecule has 0 unspecified atom stereocenters. The summed E-state index contributed by atoms with van der Waals surface area (Å²) in [7, 11) is 0. The number of anilines is 1. The Morgan fingerprint density at radius 1 is 1.29 bits per heavy atom. The highest BCUT2D eigenvalue weighted by Crippen LogP contribution is 2.21. The number of likely N-dealkylation sites (tertiary alicyclic amines) is 1. The summed E-state index contributed by atoms with van der Waals surface area (Å²) in [5, 5.41) is 3.27. The van der Waals surface area contributed by atoms with Gasteiger partial charge in [0.1, 0.15) is 0 Å². The highest BCUT2D eigenvalue weighted by atomic mass is 79.9. The van der Waals surface area contributed by atoms with E-state index >= 15 is 0 Å². The number of halogens is 1. The lowest BCUT2D eigenvalue weighted by molar-refractivity contribution is -0.129. The van der Waals surface area contributed by atoms with Crippen LogP contribution in [0.3, 0.4) is 0 Å². The number of hydrogen-bond donors (Lipinski definition) is 1. The van der Waals surface area contributed by atoms with Gasteiger partial charge in [0.25, 0.3) is 0 Å². The number of amides is 1. The van der Waals surface area contributed by atoms with Gasteiger partial charge >= 0.3 is 0 Å². The van der Waals surface area contributed by atoms with Crippen LogP contribution in [-0.4, -0.2) is 30.4 Å². The third-order valence-corrected chi connectivity index (χ3v) is 3.68. The summed E-state index contributed by atoms with van der Waals surface area (Å²) in [6, 6.07) is 7.95. The fourth-order valence-electron chi connectivity index (χ4n) is 2.03. The number of benzene rings is 1. The van der Waals surface area contributed by atoms with E-state index in [2.05, 4.69) is 21.2 Å². The van der Waals surface area contributed by atoms with Crippen molar-refractivity contribution in [1.29, 1.82) is 0 Å². The van der Waals surface area contributed by atoms with Crippen molar-refractivity contribution in [3.05, 3.63) is 28.7 Å². The zero-order valence-electron chi connectivity index (χ0n) is 9.79. The molecule has 2 rings (SSSR count). The van der Waals surface area contributed by atoms with Gasteiger partial charge in [-0.25, -0.2) is 0 Å². The quantitative estimate of drug-likeness (QED) is 0.927. The van der Waals surface area contributed by atoms with Gasteiger partial charge in [-0.3, -0.25) is 4.79 Å². The molecule has 1 saturated heterocycles. The van der Waals surface area contributed by atoms with Gasteiger partial charge < -0.3 is 10.2 Å². The highest BCUT2D eigenvalue weighted by molar-refractivity contribution is 9.10. The Morgan fingerprint density at radius 3 is 2.71 bits per heavy atom. The summed E-state index contributed by atoms with van der Waals surface area (Å²) >= 11 is 3.47. The molecular formula is C13H17BrN2O. The van der Waals surface area contributed by atoms with Crippen molar-refractivity contribution >= 4 is 27.5 Å². The molecule has 1 fully saturated rings. The van der Waals surface area contributed by atoms with Crippen LogP contribution in [0.4, 0.5) is 5.69 Å². The minimum Gasteiger partial charge on any atom is -0.384 e. The van der Waals surface area contributed by atoms with E-state index in [9.17, 15) is 4.79 Å². The molecule has 1 aliphatic rings. The van der Waals surface area contributed by atoms with Gasteiger partial charge in [-0.1, -0.05) is 12.1 Å². The Bertz CT molecular complexity index is 389. The lowest BCUT2D eigenvalue weighted by atomic mass is 10.3. The maximum Gasteiger partial charge on any atom is 0.224 e. The van der Waals surface area contributed by atoms with Crippen LogP contribution in [-0.2, 0) is 4.79 Å². The zero-order chi connectivity index (χ0) is 12.1. The van der Waals surface area contributed by atoms with E-state index in [0.717, 1.165) is 36.1 Å². The maximum atomic E-state index is 11.8.